The van der Waals surface area contributed by atoms with E-state index in [-0.39, 0.29) is 0 Å². The van der Waals surface area contributed by atoms with Crippen molar-refractivity contribution in [1.82, 2.24) is 20.2 Å². The van der Waals surface area contributed by atoms with Crippen LogP contribution in [0.3, 0.4) is 0 Å². The number of rotatable bonds is 3. The van der Waals surface area contributed by atoms with Crippen LogP contribution in [-0.2, 0) is 13.0 Å². The second kappa shape index (κ2) is 6.06. The Hall–Kier alpha value is -0.870. The van der Waals surface area contributed by atoms with Crippen LogP contribution in [0.25, 0.3) is 0 Å². The average Bonchev–Trinajstić information content (AvgIpc) is 2.77. The molecule has 4 heteroatoms. The zero-order chi connectivity index (χ0) is 13.1. The van der Waals surface area contributed by atoms with Gasteiger partial charge in [-0.1, -0.05) is 13.3 Å². The Morgan fingerprint density at radius 1 is 1.37 bits per heavy atom. The van der Waals surface area contributed by atoms with Crippen LogP contribution in [-0.4, -0.2) is 40.5 Å². The predicted molar refractivity (Wildman–Crippen MR) is 77.0 cm³/mol. The predicted octanol–water partition coefficient (Wildman–Crippen LogP) is 1.94. The molecule has 19 heavy (non-hydrogen) atoms. The Labute approximate surface area is 116 Å². The second-order valence-corrected chi connectivity index (χ2v) is 6.12. The lowest BCUT2D eigenvalue weighted by Crippen LogP contribution is -2.45. The fourth-order valence-electron chi connectivity index (χ4n) is 3.49. The van der Waals surface area contributed by atoms with Gasteiger partial charge in [-0.25, -0.2) is 4.98 Å². The molecule has 0 aromatic carbocycles. The summed E-state index contributed by atoms with van der Waals surface area (Å²) in [5.74, 6) is 0.960. The van der Waals surface area contributed by atoms with E-state index in [4.69, 9.17) is 0 Å². The molecule has 0 bridgehead atoms. The van der Waals surface area contributed by atoms with Gasteiger partial charge in [0.05, 0.1) is 17.7 Å². The van der Waals surface area contributed by atoms with Crippen LogP contribution in [0.2, 0.25) is 0 Å². The monoisotopic (exact) mass is 262 g/mol. The van der Waals surface area contributed by atoms with Gasteiger partial charge >= 0.3 is 0 Å². The molecule has 2 N–H and O–H groups in total. The molecule has 2 aliphatic rings. The van der Waals surface area contributed by atoms with E-state index in [1.165, 1.54) is 56.7 Å². The van der Waals surface area contributed by atoms with E-state index < -0.39 is 0 Å². The Balaban J connectivity index is 1.52. The highest BCUT2D eigenvalue weighted by Gasteiger charge is 2.23. The molecule has 1 aromatic heterocycles. The van der Waals surface area contributed by atoms with Gasteiger partial charge in [0.2, 0.25) is 0 Å². The minimum Gasteiger partial charge on any atom is -0.347 e. The first-order valence-corrected chi connectivity index (χ1v) is 7.82. The van der Waals surface area contributed by atoms with E-state index in [9.17, 15) is 0 Å². The normalized spacial score (nSPS) is 28.9. The summed E-state index contributed by atoms with van der Waals surface area (Å²) in [6, 6.07) is 0.578. The molecule has 1 fully saturated rings. The molecule has 0 amide bonds. The summed E-state index contributed by atoms with van der Waals surface area (Å²) in [6.07, 6.45) is 8.44. The Morgan fingerprint density at radius 3 is 3.21 bits per heavy atom. The van der Waals surface area contributed by atoms with Crippen molar-refractivity contribution in [1.29, 1.82) is 0 Å². The number of likely N-dealkylation sites (tertiary alicyclic amines) is 1. The molecular formula is C15H26N4. The molecule has 106 valence electrons. The maximum Gasteiger partial charge on any atom is 0.0925 e. The lowest BCUT2D eigenvalue weighted by molar-refractivity contribution is 0.240. The van der Waals surface area contributed by atoms with Crippen molar-refractivity contribution in [3.63, 3.8) is 0 Å². The van der Waals surface area contributed by atoms with Crippen molar-refractivity contribution in [2.75, 3.05) is 19.6 Å². The molecule has 0 aliphatic carbocycles. The number of aromatic amines is 1. The Kier molecular flexibility index (Phi) is 4.18. The van der Waals surface area contributed by atoms with E-state index >= 15 is 0 Å². The zero-order valence-electron chi connectivity index (χ0n) is 12.0. The van der Waals surface area contributed by atoms with Crippen LogP contribution in [0, 0.1) is 5.92 Å². The minimum atomic E-state index is 0.578. The van der Waals surface area contributed by atoms with E-state index in [0.29, 0.717) is 6.04 Å². The maximum atomic E-state index is 4.43. The molecule has 3 rings (SSSR count). The molecule has 0 radical (unpaired) electrons. The molecule has 2 unspecified atom stereocenters. The summed E-state index contributed by atoms with van der Waals surface area (Å²) in [6.45, 7) is 7.03. The van der Waals surface area contributed by atoms with E-state index in [1.807, 2.05) is 6.33 Å². The quantitative estimate of drug-likeness (QED) is 0.875. The number of imidazole rings is 1. The molecule has 2 atom stereocenters. The SMILES string of the molecule is CCC1CCCN(CC2Cc3nc[nH]c3CN2)CC1. The number of nitrogens with zero attached hydrogens (tertiary/aromatic N) is 2. The van der Waals surface area contributed by atoms with E-state index in [2.05, 4.69) is 27.1 Å². The van der Waals surface area contributed by atoms with Gasteiger partial charge in [0, 0.05) is 25.6 Å². The first-order valence-electron chi connectivity index (χ1n) is 7.82. The largest absolute Gasteiger partial charge is 0.347 e. The number of H-pyrrole nitrogens is 1. The molecule has 3 heterocycles. The van der Waals surface area contributed by atoms with Crippen LogP contribution in [0.5, 0.6) is 0 Å². The van der Waals surface area contributed by atoms with Gasteiger partial charge in [0.25, 0.3) is 0 Å². The summed E-state index contributed by atoms with van der Waals surface area (Å²) in [7, 11) is 0. The molecule has 2 aliphatic heterocycles. The van der Waals surface area contributed by atoms with Gasteiger partial charge in [-0.3, -0.25) is 0 Å². The van der Waals surface area contributed by atoms with E-state index in [0.717, 1.165) is 18.9 Å². The summed E-state index contributed by atoms with van der Waals surface area (Å²) in [5.41, 5.74) is 2.54. The number of hydrogen-bond acceptors (Lipinski definition) is 3. The van der Waals surface area contributed by atoms with E-state index in [1.54, 1.807) is 0 Å². The minimum absolute atomic E-state index is 0.578. The van der Waals surface area contributed by atoms with Crippen molar-refractivity contribution < 1.29 is 0 Å². The van der Waals surface area contributed by atoms with Gasteiger partial charge in [-0.15, -0.1) is 0 Å². The third kappa shape index (κ3) is 3.18. The number of aromatic nitrogens is 2. The lowest BCUT2D eigenvalue weighted by atomic mass is 9.98. The highest BCUT2D eigenvalue weighted by molar-refractivity contribution is 5.16. The molecular weight excluding hydrogens is 236 g/mol. The second-order valence-electron chi connectivity index (χ2n) is 6.12. The van der Waals surface area contributed by atoms with Crippen molar-refractivity contribution in [2.24, 2.45) is 5.92 Å². The number of hydrogen-bond donors (Lipinski definition) is 2. The zero-order valence-corrected chi connectivity index (χ0v) is 12.0. The fraction of sp³-hybridized carbons (Fsp3) is 0.800. The first kappa shape index (κ1) is 13.1. The van der Waals surface area contributed by atoms with Crippen molar-refractivity contribution in [3.05, 3.63) is 17.7 Å². The number of nitrogens with one attached hydrogen (secondary N) is 2. The van der Waals surface area contributed by atoms with Crippen LogP contribution >= 0.6 is 0 Å². The molecule has 1 saturated heterocycles. The molecule has 0 saturated carbocycles. The van der Waals surface area contributed by atoms with Gasteiger partial charge in [0.15, 0.2) is 0 Å². The summed E-state index contributed by atoms with van der Waals surface area (Å²) >= 11 is 0. The average molecular weight is 262 g/mol. The van der Waals surface area contributed by atoms with Crippen LogP contribution in [0.15, 0.2) is 6.33 Å². The Morgan fingerprint density at radius 2 is 2.32 bits per heavy atom. The highest BCUT2D eigenvalue weighted by Crippen LogP contribution is 2.21. The van der Waals surface area contributed by atoms with Gasteiger partial charge in [0.1, 0.15) is 0 Å². The van der Waals surface area contributed by atoms with Crippen LogP contribution in [0.4, 0.5) is 0 Å². The summed E-state index contributed by atoms with van der Waals surface area (Å²) in [5, 5.41) is 3.64. The van der Waals surface area contributed by atoms with Crippen molar-refractivity contribution >= 4 is 0 Å². The fourth-order valence-corrected chi connectivity index (χ4v) is 3.49. The first-order chi connectivity index (χ1) is 9.35. The highest BCUT2D eigenvalue weighted by atomic mass is 15.2. The topological polar surface area (TPSA) is 44.0 Å². The molecule has 0 spiro atoms. The molecule has 4 nitrogen and oxygen atoms in total. The van der Waals surface area contributed by atoms with Gasteiger partial charge < -0.3 is 15.2 Å². The van der Waals surface area contributed by atoms with Crippen molar-refractivity contribution in [2.45, 2.75) is 51.6 Å². The van der Waals surface area contributed by atoms with Crippen LogP contribution in [0.1, 0.15) is 44.0 Å². The van der Waals surface area contributed by atoms with Crippen LogP contribution < -0.4 is 5.32 Å². The summed E-state index contributed by atoms with van der Waals surface area (Å²) < 4.78 is 0. The standard InChI is InChI=1S/C15H26N4/c1-2-12-4-3-6-19(7-5-12)10-13-8-14-15(9-16-13)18-11-17-14/h11-13,16H,2-10H2,1H3,(H,17,18). The third-order valence-corrected chi connectivity index (χ3v) is 4.81. The third-order valence-electron chi connectivity index (χ3n) is 4.81. The van der Waals surface area contributed by atoms with Crippen molar-refractivity contribution in [3.8, 4) is 0 Å². The lowest BCUT2D eigenvalue weighted by Gasteiger charge is -2.29. The maximum absolute atomic E-state index is 4.43. The van der Waals surface area contributed by atoms with Gasteiger partial charge in [-0.05, 0) is 38.3 Å². The molecule has 1 aromatic rings. The smallest absolute Gasteiger partial charge is 0.0925 e. The Bertz CT molecular complexity index is 401. The van der Waals surface area contributed by atoms with Gasteiger partial charge in [-0.2, -0.15) is 0 Å². The number of fused-ring (bicyclic) bond motifs is 1. The summed E-state index contributed by atoms with van der Waals surface area (Å²) in [4.78, 5) is 10.3.